The molecule has 0 aromatic heterocycles. The Morgan fingerprint density at radius 2 is 0.930 bits per heavy atom. The zero-order chi connectivity index (χ0) is 42.0. The van der Waals surface area contributed by atoms with Crippen LogP contribution in [0.4, 0.5) is 0 Å². The van der Waals surface area contributed by atoms with Gasteiger partial charge in [-0.2, -0.15) is 0 Å². The molecule has 0 unspecified atom stereocenters. The summed E-state index contributed by atoms with van der Waals surface area (Å²) in [5.74, 6) is -0.868. The van der Waals surface area contributed by atoms with E-state index in [-0.39, 0.29) is 31.7 Å². The summed E-state index contributed by atoms with van der Waals surface area (Å²) in [5.41, 5.74) is 9.66. The van der Waals surface area contributed by atoms with Gasteiger partial charge < -0.3 is 0 Å². The van der Waals surface area contributed by atoms with Crippen molar-refractivity contribution in [1.29, 1.82) is 0 Å². The second-order valence-corrected chi connectivity index (χ2v) is 19.0. The molecule has 0 aliphatic heterocycles. The average Bonchev–Trinajstić information content (AvgIpc) is 3.13. The second kappa shape index (κ2) is 19.5. The van der Waals surface area contributed by atoms with Crippen LogP contribution in [0.25, 0.3) is 0 Å². The van der Waals surface area contributed by atoms with Gasteiger partial charge in [0.2, 0.25) is 9.84 Å². The Bertz CT molecular complexity index is 2130. The molecule has 2 aromatic carbocycles. The number of carbonyl (C=O) groups excluding carboxylic acids is 2. The molecule has 4 nitrogen and oxygen atoms in total. The minimum atomic E-state index is -4.25. The number of hydrogen-bond acceptors (Lipinski definition) is 4. The van der Waals surface area contributed by atoms with Gasteiger partial charge in [0.15, 0.2) is 11.6 Å². The van der Waals surface area contributed by atoms with Crippen LogP contribution in [0.3, 0.4) is 0 Å². The Kier molecular flexibility index (Phi) is 15.4. The van der Waals surface area contributed by atoms with E-state index in [2.05, 4.69) is 65.8 Å². The standard InChI is InChI=1S/C52H62O4S/c1-37(29-31-45-41(5)23-17-33-51(45,7)8)19-15-21-39(3)35-47(53)43-25-11-13-27-49(43)57(55,56)50-28-14-12-26-44(50)48(54)36-40(4)22-16-20-38(2)30-32-46-42(6)24-18-34-52(46,9)10/h11-16,19-22,25-32,35-36H,17-18,23-24,33-34H2,1-10H3/b21-15+,22-16+,31-29+,32-30+,37-19+,38-20+,39-35+,40-36+. The summed E-state index contributed by atoms with van der Waals surface area (Å²) in [5, 5.41) is 0. The molecule has 0 radical (unpaired) electrons. The molecule has 0 N–H and O–H groups in total. The van der Waals surface area contributed by atoms with Crippen LogP contribution >= 0.6 is 0 Å². The first-order valence-electron chi connectivity index (χ1n) is 20.2. The number of benzene rings is 2. The molecule has 5 heteroatoms. The molecule has 0 heterocycles. The summed E-state index contributed by atoms with van der Waals surface area (Å²) in [4.78, 5) is 26.9. The van der Waals surface area contributed by atoms with Crippen LogP contribution in [0.2, 0.25) is 0 Å². The van der Waals surface area contributed by atoms with Gasteiger partial charge in [-0.1, -0.05) is 135 Å². The summed E-state index contributed by atoms with van der Waals surface area (Å²) in [6.45, 7) is 21.4. The molecule has 0 fully saturated rings. The second-order valence-electron chi connectivity index (χ2n) is 17.1. The highest BCUT2D eigenvalue weighted by Gasteiger charge is 2.29. The van der Waals surface area contributed by atoms with Gasteiger partial charge >= 0.3 is 0 Å². The first kappa shape index (κ1) is 44.8. The Morgan fingerprint density at radius 1 is 0.561 bits per heavy atom. The fourth-order valence-electron chi connectivity index (χ4n) is 7.86. The topological polar surface area (TPSA) is 68.3 Å². The van der Waals surface area contributed by atoms with E-state index in [1.807, 2.05) is 64.2 Å². The van der Waals surface area contributed by atoms with E-state index < -0.39 is 21.4 Å². The van der Waals surface area contributed by atoms with Crippen molar-refractivity contribution < 1.29 is 18.0 Å². The van der Waals surface area contributed by atoms with E-state index in [0.717, 1.165) is 24.0 Å². The molecular formula is C52H62O4S. The first-order chi connectivity index (χ1) is 26.8. The molecule has 300 valence electrons. The van der Waals surface area contributed by atoms with Crippen molar-refractivity contribution in [2.24, 2.45) is 10.8 Å². The lowest BCUT2D eigenvalue weighted by Crippen LogP contribution is -2.19. The fraction of sp³-hybridized carbons (Fsp3) is 0.346. The fourth-order valence-corrected chi connectivity index (χ4v) is 9.53. The molecule has 0 saturated heterocycles. The molecule has 2 aromatic rings. The predicted molar refractivity (Wildman–Crippen MR) is 239 cm³/mol. The van der Waals surface area contributed by atoms with Gasteiger partial charge in [0.1, 0.15) is 0 Å². The highest BCUT2D eigenvalue weighted by atomic mass is 32.2. The Hall–Kier alpha value is -4.87. The third-order valence-electron chi connectivity index (χ3n) is 11.1. The van der Waals surface area contributed by atoms with Crippen molar-refractivity contribution in [2.45, 2.75) is 118 Å². The van der Waals surface area contributed by atoms with Crippen LogP contribution in [0, 0.1) is 10.8 Å². The molecule has 2 aliphatic rings. The van der Waals surface area contributed by atoms with E-state index in [0.29, 0.717) is 11.1 Å². The highest BCUT2D eigenvalue weighted by Crippen LogP contribution is 2.42. The van der Waals surface area contributed by atoms with E-state index in [1.165, 1.54) is 84.4 Å². The van der Waals surface area contributed by atoms with E-state index in [4.69, 9.17) is 0 Å². The van der Waals surface area contributed by atoms with Gasteiger partial charge in [0.05, 0.1) is 9.79 Å². The lowest BCUT2D eigenvalue weighted by molar-refractivity contribution is 0.103. The monoisotopic (exact) mass is 782 g/mol. The van der Waals surface area contributed by atoms with E-state index in [9.17, 15) is 18.0 Å². The molecular weight excluding hydrogens is 721 g/mol. The molecule has 4 rings (SSSR count). The van der Waals surface area contributed by atoms with Gasteiger partial charge in [-0.25, -0.2) is 8.42 Å². The number of carbonyl (C=O) groups is 2. The maximum Gasteiger partial charge on any atom is 0.208 e. The van der Waals surface area contributed by atoms with Crippen molar-refractivity contribution in [3.05, 3.63) is 177 Å². The van der Waals surface area contributed by atoms with Crippen LogP contribution in [-0.2, 0) is 9.84 Å². The largest absolute Gasteiger partial charge is 0.289 e. The molecule has 0 bridgehead atoms. The van der Waals surface area contributed by atoms with Crippen LogP contribution in [-0.4, -0.2) is 20.0 Å². The summed E-state index contributed by atoms with van der Waals surface area (Å²) in [6, 6.07) is 12.3. The molecule has 2 aliphatic carbocycles. The van der Waals surface area contributed by atoms with Crippen molar-refractivity contribution in [2.75, 3.05) is 0 Å². The highest BCUT2D eigenvalue weighted by molar-refractivity contribution is 7.91. The van der Waals surface area contributed by atoms with Crippen LogP contribution in [0.1, 0.15) is 128 Å². The molecule has 0 amide bonds. The third kappa shape index (κ3) is 12.1. The van der Waals surface area contributed by atoms with Gasteiger partial charge in [0, 0.05) is 11.1 Å². The van der Waals surface area contributed by atoms with Gasteiger partial charge in [-0.3, -0.25) is 9.59 Å². The number of rotatable bonds is 14. The lowest BCUT2D eigenvalue weighted by atomic mass is 9.72. The molecule has 57 heavy (non-hydrogen) atoms. The van der Waals surface area contributed by atoms with Crippen LogP contribution in [0.15, 0.2) is 176 Å². The zero-order valence-electron chi connectivity index (χ0n) is 35.8. The number of ketones is 2. The minimum absolute atomic E-state index is 0.0465. The Balaban J connectivity index is 1.51. The van der Waals surface area contributed by atoms with Crippen LogP contribution < -0.4 is 0 Å². The Morgan fingerprint density at radius 3 is 1.30 bits per heavy atom. The van der Waals surface area contributed by atoms with E-state index in [1.54, 1.807) is 24.3 Å². The van der Waals surface area contributed by atoms with Crippen LogP contribution in [0.5, 0.6) is 0 Å². The zero-order valence-corrected chi connectivity index (χ0v) is 36.6. The molecule has 0 atom stereocenters. The lowest BCUT2D eigenvalue weighted by Gasteiger charge is -2.33. The number of allylic oxidation sites excluding steroid dienone is 20. The van der Waals surface area contributed by atoms with Gasteiger partial charge in [-0.05, 0) is 150 Å². The van der Waals surface area contributed by atoms with Crippen molar-refractivity contribution in [3.8, 4) is 0 Å². The summed E-state index contributed by atoms with van der Waals surface area (Å²) in [6.07, 6.45) is 30.2. The van der Waals surface area contributed by atoms with Crippen molar-refractivity contribution in [3.63, 3.8) is 0 Å². The van der Waals surface area contributed by atoms with Crippen molar-refractivity contribution >= 4 is 21.4 Å². The van der Waals surface area contributed by atoms with E-state index >= 15 is 0 Å². The summed E-state index contributed by atoms with van der Waals surface area (Å²) < 4.78 is 28.4. The quantitative estimate of drug-likeness (QED) is 0.109. The Labute approximate surface area is 343 Å². The van der Waals surface area contributed by atoms with Gasteiger partial charge in [0.25, 0.3) is 0 Å². The van der Waals surface area contributed by atoms with Gasteiger partial charge in [-0.15, -0.1) is 0 Å². The first-order valence-corrected chi connectivity index (χ1v) is 21.7. The maximum absolute atomic E-state index is 14.2. The number of hydrogen-bond donors (Lipinski definition) is 0. The summed E-state index contributed by atoms with van der Waals surface area (Å²) >= 11 is 0. The predicted octanol–water partition coefficient (Wildman–Crippen LogP) is 13.9. The molecule has 0 spiro atoms. The average molecular weight is 783 g/mol. The maximum atomic E-state index is 14.2. The van der Waals surface area contributed by atoms with Crippen molar-refractivity contribution in [1.82, 2.24) is 0 Å². The third-order valence-corrected chi connectivity index (χ3v) is 13.0. The molecule has 0 saturated carbocycles. The number of sulfone groups is 1. The summed E-state index contributed by atoms with van der Waals surface area (Å²) in [7, 11) is -4.25. The SMILES string of the molecule is CC1=C(/C=C/C(C)=C/C=C/C(C)=C/C(=O)c2ccccc2S(=O)(=O)c2ccccc2C(=O)/C=C(C)/C=C/C=C(C)/C=C/C2=C(C)CCCC2(C)C)C(C)(C)CCC1. The minimum Gasteiger partial charge on any atom is -0.289 e. The normalized spacial score (nSPS) is 18.8. The smallest absolute Gasteiger partial charge is 0.208 e.